The first-order valence-electron chi connectivity index (χ1n) is 8.61. The fourth-order valence-corrected chi connectivity index (χ4v) is 4.40. The molecule has 1 unspecified atom stereocenters. The SMILES string of the molecule is Br.Clc1cccc2c1CNC(c1ccc3c(c1)CCC3)c1cccn1-2. The van der Waals surface area contributed by atoms with Gasteiger partial charge in [-0.25, -0.2) is 0 Å². The lowest BCUT2D eigenvalue weighted by Gasteiger charge is -2.19. The highest BCUT2D eigenvalue weighted by atomic mass is 79.9. The van der Waals surface area contributed by atoms with Gasteiger partial charge in [0.05, 0.1) is 11.7 Å². The minimum Gasteiger partial charge on any atom is -0.319 e. The van der Waals surface area contributed by atoms with Crippen LogP contribution in [0, 0.1) is 0 Å². The molecule has 0 amide bonds. The third-order valence-electron chi connectivity index (χ3n) is 5.37. The molecule has 2 aliphatic rings. The van der Waals surface area contributed by atoms with Crippen LogP contribution in [0.3, 0.4) is 0 Å². The molecule has 0 radical (unpaired) electrons. The summed E-state index contributed by atoms with van der Waals surface area (Å²) in [6.45, 7) is 0.776. The van der Waals surface area contributed by atoms with Gasteiger partial charge in [0.15, 0.2) is 0 Å². The van der Waals surface area contributed by atoms with Crippen LogP contribution in [-0.2, 0) is 19.4 Å². The lowest BCUT2D eigenvalue weighted by Crippen LogP contribution is -2.21. The second-order valence-corrected chi connectivity index (χ2v) is 7.14. The predicted molar refractivity (Wildman–Crippen MR) is 108 cm³/mol. The highest BCUT2D eigenvalue weighted by Gasteiger charge is 2.25. The summed E-state index contributed by atoms with van der Waals surface area (Å²) >= 11 is 6.47. The average Bonchev–Trinajstić information content (AvgIpc) is 3.22. The van der Waals surface area contributed by atoms with Gasteiger partial charge in [-0.3, -0.25) is 0 Å². The number of nitrogens with zero attached hydrogens (tertiary/aromatic N) is 1. The number of aromatic nitrogens is 1. The van der Waals surface area contributed by atoms with Crippen LogP contribution in [-0.4, -0.2) is 4.57 Å². The lowest BCUT2D eigenvalue weighted by molar-refractivity contribution is 0.600. The van der Waals surface area contributed by atoms with Crippen LogP contribution in [0.1, 0.15) is 40.4 Å². The van der Waals surface area contributed by atoms with Crippen molar-refractivity contribution >= 4 is 28.6 Å². The van der Waals surface area contributed by atoms with E-state index in [9.17, 15) is 0 Å². The molecule has 2 heterocycles. The molecule has 0 fully saturated rings. The minimum atomic E-state index is 0. The molecule has 5 rings (SSSR count). The third-order valence-corrected chi connectivity index (χ3v) is 5.72. The Morgan fingerprint density at radius 1 is 1.00 bits per heavy atom. The molecule has 1 aliphatic carbocycles. The van der Waals surface area contributed by atoms with E-state index >= 15 is 0 Å². The van der Waals surface area contributed by atoms with Crippen molar-refractivity contribution in [2.45, 2.75) is 31.8 Å². The highest BCUT2D eigenvalue weighted by Crippen LogP contribution is 2.34. The molecule has 1 aliphatic heterocycles. The number of fused-ring (bicyclic) bond motifs is 4. The van der Waals surface area contributed by atoms with Crippen LogP contribution in [0.25, 0.3) is 5.69 Å². The normalized spacial score (nSPS) is 17.9. The van der Waals surface area contributed by atoms with E-state index < -0.39 is 0 Å². The number of hydrogen-bond acceptors (Lipinski definition) is 1. The molecule has 2 aromatic carbocycles. The zero-order valence-electron chi connectivity index (χ0n) is 13.8. The third kappa shape index (κ3) is 2.75. The van der Waals surface area contributed by atoms with Crippen molar-refractivity contribution in [3.05, 3.63) is 87.7 Å². The summed E-state index contributed by atoms with van der Waals surface area (Å²) in [5, 5.41) is 4.55. The van der Waals surface area contributed by atoms with E-state index in [-0.39, 0.29) is 23.0 Å². The average molecular weight is 416 g/mol. The molecule has 1 atom stereocenters. The van der Waals surface area contributed by atoms with E-state index in [0.717, 1.165) is 11.6 Å². The largest absolute Gasteiger partial charge is 0.319 e. The van der Waals surface area contributed by atoms with Crippen molar-refractivity contribution in [3.63, 3.8) is 0 Å². The molecule has 1 aromatic heterocycles. The van der Waals surface area contributed by atoms with Crippen LogP contribution in [0.4, 0.5) is 0 Å². The summed E-state index contributed by atoms with van der Waals surface area (Å²) in [5.74, 6) is 0. The maximum Gasteiger partial charge on any atom is 0.0737 e. The summed E-state index contributed by atoms with van der Waals surface area (Å²) in [6.07, 6.45) is 5.86. The van der Waals surface area contributed by atoms with Gasteiger partial charge >= 0.3 is 0 Å². The van der Waals surface area contributed by atoms with Gasteiger partial charge in [0.1, 0.15) is 0 Å². The zero-order chi connectivity index (χ0) is 16.1. The molecular weight excluding hydrogens is 396 g/mol. The van der Waals surface area contributed by atoms with Gasteiger partial charge < -0.3 is 9.88 Å². The first-order valence-corrected chi connectivity index (χ1v) is 8.99. The van der Waals surface area contributed by atoms with Gasteiger partial charge in [-0.2, -0.15) is 0 Å². The van der Waals surface area contributed by atoms with Crippen LogP contribution in [0.15, 0.2) is 54.7 Å². The molecule has 2 nitrogen and oxygen atoms in total. The molecule has 0 saturated carbocycles. The number of hydrogen-bond donors (Lipinski definition) is 1. The van der Waals surface area contributed by atoms with Gasteiger partial charge in [0, 0.05) is 29.0 Å². The molecule has 0 spiro atoms. The molecule has 128 valence electrons. The second-order valence-electron chi connectivity index (χ2n) is 6.74. The molecule has 0 saturated heterocycles. The zero-order valence-corrected chi connectivity index (χ0v) is 16.3. The standard InChI is InChI=1S/C21H19ClN2.BrH/c22-18-6-2-7-19-17(18)13-23-21(20-8-3-11-24(19)20)16-10-9-14-4-1-5-15(14)12-16;/h2-3,6-12,21,23H,1,4-5,13H2;1H. The summed E-state index contributed by atoms with van der Waals surface area (Å²) in [6, 6.07) is 17.7. The Kier molecular flexibility index (Phi) is 4.48. The molecule has 25 heavy (non-hydrogen) atoms. The highest BCUT2D eigenvalue weighted by molar-refractivity contribution is 8.93. The van der Waals surface area contributed by atoms with Gasteiger partial charge in [0.2, 0.25) is 0 Å². The monoisotopic (exact) mass is 414 g/mol. The summed E-state index contributed by atoms with van der Waals surface area (Å²) < 4.78 is 2.28. The Bertz CT molecular complexity index is 931. The number of halogens is 2. The first-order chi connectivity index (χ1) is 11.8. The molecule has 3 aromatic rings. The Morgan fingerprint density at radius 3 is 2.80 bits per heavy atom. The van der Waals surface area contributed by atoms with Crippen LogP contribution >= 0.6 is 28.6 Å². The maximum atomic E-state index is 6.47. The van der Waals surface area contributed by atoms with E-state index in [1.54, 1.807) is 0 Å². The fraction of sp³-hybridized carbons (Fsp3) is 0.238. The molecule has 1 N–H and O–H groups in total. The predicted octanol–water partition coefficient (Wildman–Crippen LogP) is 5.39. The van der Waals surface area contributed by atoms with E-state index in [4.69, 9.17) is 11.6 Å². The Morgan fingerprint density at radius 2 is 1.88 bits per heavy atom. The number of nitrogens with one attached hydrogen (secondary N) is 1. The van der Waals surface area contributed by atoms with E-state index in [2.05, 4.69) is 52.5 Å². The summed E-state index contributed by atoms with van der Waals surface area (Å²) in [7, 11) is 0. The van der Waals surface area contributed by atoms with Crippen LogP contribution < -0.4 is 5.32 Å². The van der Waals surface area contributed by atoms with Crippen molar-refractivity contribution in [2.75, 3.05) is 0 Å². The van der Waals surface area contributed by atoms with Crippen molar-refractivity contribution in [1.82, 2.24) is 9.88 Å². The smallest absolute Gasteiger partial charge is 0.0737 e. The van der Waals surface area contributed by atoms with Crippen LogP contribution in [0.5, 0.6) is 0 Å². The first kappa shape index (κ1) is 16.9. The summed E-state index contributed by atoms with van der Waals surface area (Å²) in [5.41, 5.74) is 8.01. The topological polar surface area (TPSA) is 17.0 Å². The van der Waals surface area contributed by atoms with Crippen molar-refractivity contribution in [2.24, 2.45) is 0 Å². The number of aryl methyl sites for hydroxylation is 2. The Balaban J connectivity index is 0.00000157. The summed E-state index contributed by atoms with van der Waals surface area (Å²) in [4.78, 5) is 0. The molecule has 4 heteroatoms. The van der Waals surface area contributed by atoms with E-state index in [1.807, 2.05) is 12.1 Å². The van der Waals surface area contributed by atoms with Crippen molar-refractivity contribution < 1.29 is 0 Å². The number of rotatable bonds is 1. The van der Waals surface area contributed by atoms with E-state index in [0.29, 0.717) is 0 Å². The van der Waals surface area contributed by atoms with Gasteiger partial charge in [-0.1, -0.05) is 35.9 Å². The van der Waals surface area contributed by atoms with Gasteiger partial charge in [-0.15, -0.1) is 17.0 Å². The number of benzene rings is 2. The minimum absolute atomic E-state index is 0. The lowest BCUT2D eigenvalue weighted by atomic mass is 9.99. The Labute approximate surface area is 163 Å². The molecule has 0 bridgehead atoms. The maximum absolute atomic E-state index is 6.47. The Hall–Kier alpha value is -1.55. The fourth-order valence-electron chi connectivity index (χ4n) is 4.17. The molecular formula is C21H20BrClN2. The van der Waals surface area contributed by atoms with Crippen LogP contribution in [0.2, 0.25) is 5.02 Å². The van der Waals surface area contributed by atoms with Gasteiger partial charge in [-0.05, 0) is 60.2 Å². The quantitative estimate of drug-likeness (QED) is 0.564. The van der Waals surface area contributed by atoms with Crippen molar-refractivity contribution in [3.8, 4) is 5.69 Å². The second kappa shape index (κ2) is 6.64. The van der Waals surface area contributed by atoms with E-state index in [1.165, 1.54) is 52.9 Å². The van der Waals surface area contributed by atoms with Gasteiger partial charge in [0.25, 0.3) is 0 Å². The van der Waals surface area contributed by atoms with Crippen molar-refractivity contribution in [1.29, 1.82) is 0 Å².